The molecular formula is C19H29N5O2S2. The molecule has 3 aromatic heterocycles. The number of thiophene rings is 1. The Balaban J connectivity index is 0.00000160. The molecule has 0 bridgehead atoms. The molecular weight excluding hydrogens is 394 g/mol. The average Bonchev–Trinajstić information content (AvgIpc) is 3.14. The molecule has 0 atom stereocenters. The highest BCUT2D eigenvalue weighted by Gasteiger charge is 2.26. The first kappa shape index (κ1) is 19.1. The third kappa shape index (κ3) is 4.43. The first-order valence-corrected chi connectivity index (χ1v) is 11.4. The molecule has 3 N–H and O–H groups in total. The summed E-state index contributed by atoms with van der Waals surface area (Å²) in [6.07, 6.45) is 2.42. The van der Waals surface area contributed by atoms with Gasteiger partial charge in [-0.15, -0.1) is 11.3 Å². The van der Waals surface area contributed by atoms with Gasteiger partial charge in [-0.1, -0.05) is 6.07 Å². The Hall–Kier alpha value is -2.23. The number of sulfonamides is 1. The van der Waals surface area contributed by atoms with Crippen molar-refractivity contribution in [2.75, 3.05) is 5.32 Å². The highest BCUT2D eigenvalue weighted by molar-refractivity contribution is 7.91. The number of nitrogens with one attached hydrogen (secondary N) is 3. The Morgan fingerprint density at radius 2 is 1.96 bits per heavy atom. The number of nitrogens with zero attached hydrogens (tertiary/aromatic N) is 2. The van der Waals surface area contributed by atoms with Crippen molar-refractivity contribution in [3.8, 4) is 10.6 Å². The average molecular weight is 424 g/mol. The van der Waals surface area contributed by atoms with Crippen LogP contribution in [0, 0.1) is 0 Å². The summed E-state index contributed by atoms with van der Waals surface area (Å²) in [4.78, 5) is 5.40. The number of hydrogen-bond acceptors (Lipinski definition) is 6. The largest absolute Gasteiger partial charge is 0.323 e. The molecule has 3 heterocycles. The van der Waals surface area contributed by atoms with Crippen LogP contribution in [0.2, 0.25) is 0 Å². The number of hydrogen-bond donors (Lipinski definition) is 3. The summed E-state index contributed by atoms with van der Waals surface area (Å²) in [6.45, 7) is 5.46. The quantitative estimate of drug-likeness (QED) is 0.520. The summed E-state index contributed by atoms with van der Waals surface area (Å²) in [5.41, 5.74) is 1.33. The predicted molar refractivity (Wildman–Crippen MR) is 118 cm³/mol. The van der Waals surface area contributed by atoms with Crippen LogP contribution in [0.15, 0.2) is 40.6 Å². The third-order valence-corrected chi connectivity index (χ3v) is 7.52. The van der Waals surface area contributed by atoms with E-state index >= 15 is 0 Å². The zero-order valence-electron chi connectivity index (χ0n) is 16.0. The zero-order chi connectivity index (χ0) is 19.9. The molecule has 4 rings (SSSR count). The summed E-state index contributed by atoms with van der Waals surface area (Å²) in [7, 11) is -3.55. The van der Waals surface area contributed by atoms with E-state index in [2.05, 4.69) is 25.2 Å². The van der Waals surface area contributed by atoms with E-state index in [0.29, 0.717) is 17.4 Å². The summed E-state index contributed by atoms with van der Waals surface area (Å²) in [6, 6.07) is 11.0. The highest BCUT2D eigenvalue weighted by Crippen LogP contribution is 2.39. The normalized spacial score (nSPS) is 15.0. The summed E-state index contributed by atoms with van der Waals surface area (Å²) in [5, 5.41) is 10.6. The minimum Gasteiger partial charge on any atom is -0.323 e. The first-order chi connectivity index (χ1) is 13.2. The van der Waals surface area contributed by atoms with Crippen LogP contribution >= 0.6 is 11.3 Å². The van der Waals surface area contributed by atoms with E-state index in [1.807, 2.05) is 45.0 Å². The van der Waals surface area contributed by atoms with E-state index < -0.39 is 15.6 Å². The molecule has 0 aliphatic heterocycles. The van der Waals surface area contributed by atoms with E-state index in [0.717, 1.165) is 16.4 Å². The summed E-state index contributed by atoms with van der Waals surface area (Å²) < 4.78 is 28.0. The highest BCUT2D eigenvalue weighted by atomic mass is 32.2. The number of aromatic nitrogens is 3. The van der Waals surface area contributed by atoms with E-state index in [1.165, 1.54) is 24.2 Å². The van der Waals surface area contributed by atoms with Gasteiger partial charge in [0, 0.05) is 27.5 Å². The molecule has 1 fully saturated rings. The second kappa shape index (κ2) is 6.98. The number of H-pyrrole nitrogens is 1. The van der Waals surface area contributed by atoms with Crippen LogP contribution in [0.5, 0.6) is 0 Å². The van der Waals surface area contributed by atoms with Gasteiger partial charge in [0.2, 0.25) is 0 Å². The molecule has 154 valence electrons. The van der Waals surface area contributed by atoms with Crippen LogP contribution in [0.3, 0.4) is 0 Å². The number of rotatable bonds is 6. The van der Waals surface area contributed by atoms with Gasteiger partial charge in [-0.3, -0.25) is 5.10 Å². The lowest BCUT2D eigenvalue weighted by Gasteiger charge is -2.19. The molecule has 28 heavy (non-hydrogen) atoms. The summed E-state index contributed by atoms with van der Waals surface area (Å²) >= 11 is 1.20. The molecule has 7 nitrogen and oxygen atoms in total. The SMILES string of the molecule is CC(C)(C)NS(=O)(=O)c1ccc(-c2cccc(Nc3cc(C4CC4)[nH]n3)n2)s1.[HH].[HH].[HH]. The van der Waals surface area contributed by atoms with Gasteiger partial charge in [0.05, 0.1) is 10.6 Å². The van der Waals surface area contributed by atoms with Gasteiger partial charge in [-0.25, -0.2) is 18.1 Å². The number of pyridine rings is 1. The lowest BCUT2D eigenvalue weighted by atomic mass is 10.1. The Morgan fingerprint density at radius 3 is 2.68 bits per heavy atom. The predicted octanol–water partition coefficient (Wildman–Crippen LogP) is 4.97. The number of aromatic amines is 1. The minimum atomic E-state index is -3.55. The Kier molecular flexibility index (Phi) is 4.76. The van der Waals surface area contributed by atoms with Gasteiger partial charge in [-0.2, -0.15) is 5.10 Å². The Labute approximate surface area is 173 Å². The molecule has 0 aromatic carbocycles. The fourth-order valence-electron chi connectivity index (χ4n) is 2.83. The third-order valence-electron chi connectivity index (χ3n) is 4.16. The maximum absolute atomic E-state index is 12.5. The van der Waals surface area contributed by atoms with Crippen molar-refractivity contribution in [3.63, 3.8) is 0 Å². The van der Waals surface area contributed by atoms with Crippen LogP contribution in [-0.2, 0) is 10.0 Å². The van der Waals surface area contributed by atoms with Gasteiger partial charge < -0.3 is 5.32 Å². The second-order valence-electron chi connectivity index (χ2n) is 7.99. The fourth-order valence-corrected chi connectivity index (χ4v) is 5.53. The van der Waals surface area contributed by atoms with Crippen LogP contribution in [-0.4, -0.2) is 29.1 Å². The molecule has 0 radical (unpaired) electrons. The van der Waals surface area contributed by atoms with Gasteiger partial charge >= 0.3 is 0 Å². The lowest BCUT2D eigenvalue weighted by molar-refractivity contribution is 0.492. The topological polar surface area (TPSA) is 99.8 Å². The van der Waals surface area contributed by atoms with E-state index in [9.17, 15) is 8.42 Å². The molecule has 0 unspecified atom stereocenters. The molecule has 0 amide bonds. The van der Waals surface area contributed by atoms with Gasteiger partial charge in [0.25, 0.3) is 10.0 Å². The number of anilines is 2. The molecule has 3 aromatic rings. The van der Waals surface area contributed by atoms with E-state index in [4.69, 9.17) is 0 Å². The molecule has 1 aliphatic carbocycles. The standard InChI is InChI=1S/C19H23N5O2S2.3H2/c1-19(2,3)24-28(25,26)18-10-9-15(27-18)13-5-4-6-16(20-13)21-17-11-14(22-23-17)12-7-8-12;;;/h4-6,9-12,24H,7-8H2,1-3H3,(H2,20,21,22,23);3*1H. The van der Waals surface area contributed by atoms with Gasteiger partial charge in [0.1, 0.15) is 10.0 Å². The Bertz CT molecular complexity index is 1110. The first-order valence-electron chi connectivity index (χ1n) is 9.13. The smallest absolute Gasteiger partial charge is 0.250 e. The molecule has 0 spiro atoms. The summed E-state index contributed by atoms with van der Waals surface area (Å²) in [5.74, 6) is 2.00. The van der Waals surface area contributed by atoms with E-state index in [-0.39, 0.29) is 8.49 Å². The van der Waals surface area contributed by atoms with Crippen LogP contribution in [0.25, 0.3) is 10.6 Å². The molecule has 1 saturated carbocycles. The van der Waals surface area contributed by atoms with Crippen molar-refractivity contribution < 1.29 is 12.7 Å². The van der Waals surface area contributed by atoms with Crippen LogP contribution in [0.1, 0.15) is 49.5 Å². The van der Waals surface area contributed by atoms with Crippen molar-refractivity contribution in [2.24, 2.45) is 0 Å². The van der Waals surface area contributed by atoms with Crippen molar-refractivity contribution in [2.45, 2.75) is 49.3 Å². The fraction of sp³-hybridized carbons (Fsp3) is 0.368. The van der Waals surface area contributed by atoms with Gasteiger partial charge in [-0.05, 0) is 57.9 Å². The molecule has 1 aliphatic rings. The van der Waals surface area contributed by atoms with Gasteiger partial charge in [0.15, 0.2) is 5.82 Å². The monoisotopic (exact) mass is 423 g/mol. The molecule has 9 heteroatoms. The van der Waals surface area contributed by atoms with Crippen molar-refractivity contribution >= 4 is 33.0 Å². The lowest BCUT2D eigenvalue weighted by Crippen LogP contribution is -2.40. The van der Waals surface area contributed by atoms with Crippen molar-refractivity contribution in [1.29, 1.82) is 0 Å². The van der Waals surface area contributed by atoms with E-state index in [1.54, 1.807) is 12.1 Å². The van der Waals surface area contributed by atoms with Crippen LogP contribution < -0.4 is 10.0 Å². The second-order valence-corrected chi connectivity index (χ2v) is 11.0. The minimum absolute atomic E-state index is 0. The van der Waals surface area contributed by atoms with Crippen molar-refractivity contribution in [3.05, 3.63) is 42.1 Å². The zero-order valence-corrected chi connectivity index (χ0v) is 17.6. The van der Waals surface area contributed by atoms with Crippen LogP contribution in [0.4, 0.5) is 11.6 Å². The molecule has 0 saturated heterocycles. The maximum Gasteiger partial charge on any atom is 0.250 e. The maximum atomic E-state index is 12.5. The van der Waals surface area contributed by atoms with Crippen molar-refractivity contribution in [1.82, 2.24) is 19.9 Å². The Morgan fingerprint density at radius 1 is 1.18 bits per heavy atom.